The Balaban J connectivity index is 2.42. The average Bonchev–Trinajstić information content (AvgIpc) is 2.45. The fourth-order valence-electron chi connectivity index (χ4n) is 1.51. The molecule has 6 heteroatoms. The summed E-state index contributed by atoms with van der Waals surface area (Å²) in [7, 11) is 1.56. The van der Waals surface area contributed by atoms with Crippen molar-refractivity contribution >= 4 is 18.0 Å². The monoisotopic (exact) mass is 291 g/mol. The van der Waals surface area contributed by atoms with Crippen LogP contribution in [0.25, 0.3) is 0 Å². The highest BCUT2D eigenvalue weighted by Gasteiger charge is 2.08. The number of hydrogen-bond acceptors (Lipinski definition) is 4. The molecule has 2 amide bonds. The van der Waals surface area contributed by atoms with Gasteiger partial charge < -0.3 is 10.1 Å². The van der Waals surface area contributed by atoms with Crippen molar-refractivity contribution in [1.82, 2.24) is 10.7 Å². The van der Waals surface area contributed by atoms with Crippen molar-refractivity contribution in [2.45, 2.75) is 20.3 Å². The summed E-state index contributed by atoms with van der Waals surface area (Å²) in [5.74, 6) is 0.238. The van der Waals surface area contributed by atoms with E-state index in [0.717, 1.165) is 5.56 Å². The van der Waals surface area contributed by atoms with Crippen molar-refractivity contribution < 1.29 is 14.3 Å². The molecule has 21 heavy (non-hydrogen) atoms. The summed E-state index contributed by atoms with van der Waals surface area (Å²) < 4.78 is 5.15. The number of hydrazone groups is 1. The zero-order valence-corrected chi connectivity index (χ0v) is 12.6. The van der Waals surface area contributed by atoms with E-state index < -0.39 is 5.91 Å². The molecule has 0 aliphatic rings. The summed E-state index contributed by atoms with van der Waals surface area (Å²) in [4.78, 5) is 23.0. The van der Waals surface area contributed by atoms with Crippen LogP contribution in [0.2, 0.25) is 0 Å². The zero-order valence-electron chi connectivity index (χ0n) is 12.6. The first-order chi connectivity index (χ1) is 10.0. The molecule has 6 nitrogen and oxygen atoms in total. The minimum absolute atomic E-state index is 0.240. The maximum absolute atomic E-state index is 11.5. The van der Waals surface area contributed by atoms with Gasteiger partial charge in [0.1, 0.15) is 12.2 Å². The number of carbonyl (C=O) groups excluding carboxylic acids is 2. The van der Waals surface area contributed by atoms with E-state index in [2.05, 4.69) is 15.8 Å². The lowest BCUT2D eigenvalue weighted by Crippen LogP contribution is -2.32. The van der Waals surface area contributed by atoms with Crippen LogP contribution in [0.1, 0.15) is 25.8 Å². The van der Waals surface area contributed by atoms with E-state index in [-0.39, 0.29) is 12.3 Å². The Morgan fingerprint density at radius 1 is 1.29 bits per heavy atom. The second-order valence-corrected chi connectivity index (χ2v) is 4.91. The molecule has 0 radical (unpaired) electrons. The molecule has 0 atom stereocenters. The fourth-order valence-corrected chi connectivity index (χ4v) is 1.51. The molecule has 0 saturated carbocycles. The van der Waals surface area contributed by atoms with E-state index in [1.165, 1.54) is 6.21 Å². The quantitative estimate of drug-likeness (QED) is 0.451. The lowest BCUT2D eigenvalue weighted by Gasteiger charge is -2.06. The van der Waals surface area contributed by atoms with Gasteiger partial charge in [-0.25, -0.2) is 5.43 Å². The van der Waals surface area contributed by atoms with Crippen LogP contribution in [-0.2, 0) is 9.59 Å². The molecule has 1 rings (SSSR count). The predicted octanol–water partition coefficient (Wildman–Crippen LogP) is 1.31. The molecular weight excluding hydrogens is 270 g/mol. The third-order valence-electron chi connectivity index (χ3n) is 2.56. The molecule has 0 aliphatic heterocycles. The Kier molecular flexibility index (Phi) is 6.94. The highest BCUT2D eigenvalue weighted by molar-refractivity contribution is 5.97. The van der Waals surface area contributed by atoms with Crippen LogP contribution in [0.4, 0.5) is 0 Å². The number of nitrogens with zero attached hydrogens (tertiary/aromatic N) is 1. The molecule has 114 valence electrons. The van der Waals surface area contributed by atoms with Crippen molar-refractivity contribution in [1.29, 1.82) is 0 Å². The summed E-state index contributed by atoms with van der Waals surface area (Å²) in [6.07, 6.45) is 1.23. The van der Waals surface area contributed by atoms with Gasteiger partial charge in [0.2, 0.25) is 11.8 Å². The molecule has 0 spiro atoms. The number of benzene rings is 1. The summed E-state index contributed by atoms with van der Waals surface area (Å²) in [5, 5.41) is 6.48. The zero-order chi connectivity index (χ0) is 15.7. The van der Waals surface area contributed by atoms with Crippen LogP contribution >= 0.6 is 0 Å². The number of ether oxygens (including phenoxy) is 1. The number of nitrogens with one attached hydrogen (secondary N) is 2. The lowest BCUT2D eigenvalue weighted by atomic mass is 10.2. The standard InChI is InChI=1S/C15H21N3O3/c1-11(2)9-16-14(19)8-15(20)18-17-10-12-6-4-5-7-13(12)21-3/h4-7,10-11H,8-9H2,1-3H3,(H,16,19)(H,18,20)/b17-10+. The van der Waals surface area contributed by atoms with Crippen LogP contribution in [0, 0.1) is 5.92 Å². The summed E-state index contributed by atoms with van der Waals surface area (Å²) >= 11 is 0. The topological polar surface area (TPSA) is 79.8 Å². The van der Waals surface area contributed by atoms with Crippen LogP contribution in [0.5, 0.6) is 5.75 Å². The molecule has 0 aromatic heterocycles. The molecule has 1 aromatic rings. The van der Waals surface area contributed by atoms with Crippen molar-refractivity contribution in [3.63, 3.8) is 0 Å². The van der Waals surface area contributed by atoms with Crippen LogP contribution in [0.3, 0.4) is 0 Å². The van der Waals surface area contributed by atoms with Crippen LogP contribution < -0.4 is 15.5 Å². The molecule has 0 heterocycles. The van der Waals surface area contributed by atoms with Gasteiger partial charge in [-0.2, -0.15) is 5.10 Å². The third kappa shape index (κ3) is 6.56. The molecule has 1 aromatic carbocycles. The Morgan fingerprint density at radius 3 is 2.67 bits per heavy atom. The number of hydrogen-bond donors (Lipinski definition) is 2. The fraction of sp³-hybridized carbons (Fsp3) is 0.400. The van der Waals surface area contributed by atoms with Gasteiger partial charge >= 0.3 is 0 Å². The Hall–Kier alpha value is -2.37. The summed E-state index contributed by atoms with van der Waals surface area (Å²) in [5.41, 5.74) is 3.06. The number of methoxy groups -OCH3 is 1. The molecule has 2 N–H and O–H groups in total. The van der Waals surface area contributed by atoms with E-state index in [9.17, 15) is 9.59 Å². The molecule has 0 saturated heterocycles. The lowest BCUT2D eigenvalue weighted by molar-refractivity contribution is -0.129. The van der Waals surface area contributed by atoms with Gasteiger partial charge in [0.05, 0.1) is 13.3 Å². The highest BCUT2D eigenvalue weighted by Crippen LogP contribution is 2.14. The van der Waals surface area contributed by atoms with Gasteiger partial charge in [0.25, 0.3) is 0 Å². The average molecular weight is 291 g/mol. The van der Waals surface area contributed by atoms with Gasteiger partial charge in [-0.3, -0.25) is 9.59 Å². The summed E-state index contributed by atoms with van der Waals surface area (Å²) in [6, 6.07) is 7.28. The first-order valence-corrected chi connectivity index (χ1v) is 6.74. The van der Waals surface area contributed by atoms with Gasteiger partial charge in [0, 0.05) is 12.1 Å². The highest BCUT2D eigenvalue weighted by atomic mass is 16.5. The minimum atomic E-state index is -0.456. The number of rotatable bonds is 7. The SMILES string of the molecule is COc1ccccc1/C=N/NC(=O)CC(=O)NCC(C)C. The summed E-state index contributed by atoms with van der Waals surface area (Å²) in [6.45, 7) is 4.52. The second kappa shape index (κ2) is 8.73. The third-order valence-corrected chi connectivity index (χ3v) is 2.56. The van der Waals surface area contributed by atoms with Crippen molar-refractivity contribution in [2.75, 3.05) is 13.7 Å². The molecular formula is C15H21N3O3. The van der Waals surface area contributed by atoms with Gasteiger partial charge in [0.15, 0.2) is 0 Å². The normalized spacial score (nSPS) is 10.7. The predicted molar refractivity (Wildman–Crippen MR) is 81.2 cm³/mol. The Bertz CT molecular complexity index is 513. The minimum Gasteiger partial charge on any atom is -0.496 e. The maximum atomic E-state index is 11.5. The van der Waals surface area contributed by atoms with Crippen molar-refractivity contribution in [2.24, 2.45) is 11.0 Å². The first-order valence-electron chi connectivity index (χ1n) is 6.74. The van der Waals surface area contributed by atoms with Crippen LogP contribution in [0.15, 0.2) is 29.4 Å². The van der Waals surface area contributed by atoms with Gasteiger partial charge in [-0.1, -0.05) is 26.0 Å². The van der Waals surface area contributed by atoms with E-state index in [4.69, 9.17) is 4.74 Å². The largest absolute Gasteiger partial charge is 0.496 e. The number of para-hydroxylation sites is 1. The van der Waals surface area contributed by atoms with Crippen LogP contribution in [-0.4, -0.2) is 31.7 Å². The van der Waals surface area contributed by atoms with Gasteiger partial charge in [-0.05, 0) is 18.1 Å². The number of amides is 2. The van der Waals surface area contributed by atoms with E-state index in [1.807, 2.05) is 32.0 Å². The van der Waals surface area contributed by atoms with Crippen molar-refractivity contribution in [3.05, 3.63) is 29.8 Å². The molecule has 0 unspecified atom stereocenters. The van der Waals surface area contributed by atoms with E-state index >= 15 is 0 Å². The maximum Gasteiger partial charge on any atom is 0.249 e. The number of carbonyl (C=O) groups is 2. The second-order valence-electron chi connectivity index (χ2n) is 4.91. The smallest absolute Gasteiger partial charge is 0.249 e. The molecule has 0 bridgehead atoms. The van der Waals surface area contributed by atoms with Crippen molar-refractivity contribution in [3.8, 4) is 5.75 Å². The molecule has 0 aliphatic carbocycles. The Morgan fingerprint density at radius 2 is 2.00 bits per heavy atom. The molecule has 0 fully saturated rings. The Labute approximate surface area is 124 Å². The van der Waals surface area contributed by atoms with E-state index in [0.29, 0.717) is 18.2 Å². The van der Waals surface area contributed by atoms with Gasteiger partial charge in [-0.15, -0.1) is 0 Å². The van der Waals surface area contributed by atoms with E-state index in [1.54, 1.807) is 13.2 Å². The first kappa shape index (κ1) is 16.7.